The lowest BCUT2D eigenvalue weighted by atomic mass is 9.97. The molecule has 0 spiro atoms. The Hall–Kier alpha value is -2.67. The van der Waals surface area contributed by atoms with Crippen molar-refractivity contribution in [2.24, 2.45) is 5.92 Å². The lowest BCUT2D eigenvalue weighted by molar-refractivity contribution is -0.123. The topological polar surface area (TPSA) is 84.5 Å². The molecule has 0 saturated heterocycles. The highest BCUT2D eigenvalue weighted by atomic mass is 32.1. The van der Waals surface area contributed by atoms with Crippen LogP contribution in [0, 0.1) is 19.8 Å². The molecule has 2 amide bonds. The first-order valence-corrected chi connectivity index (χ1v) is 11.6. The third-order valence-corrected chi connectivity index (χ3v) is 6.91. The minimum absolute atomic E-state index is 0.0295. The zero-order chi connectivity index (χ0) is 22.7. The summed E-state index contributed by atoms with van der Waals surface area (Å²) in [5.74, 6) is -0.740. The van der Waals surface area contributed by atoms with Crippen LogP contribution in [-0.2, 0) is 14.3 Å². The molecule has 0 aliphatic heterocycles. The second kappa shape index (κ2) is 9.64. The van der Waals surface area contributed by atoms with Crippen LogP contribution in [0.25, 0.3) is 0 Å². The summed E-state index contributed by atoms with van der Waals surface area (Å²) < 4.78 is 5.49. The van der Waals surface area contributed by atoms with Crippen LogP contribution < -0.4 is 10.6 Å². The predicted molar refractivity (Wildman–Crippen MR) is 124 cm³/mol. The van der Waals surface area contributed by atoms with Crippen molar-refractivity contribution < 1.29 is 19.1 Å². The number of para-hydroxylation sites is 1. The van der Waals surface area contributed by atoms with Gasteiger partial charge in [0.15, 0.2) is 6.10 Å². The highest BCUT2D eigenvalue weighted by Crippen LogP contribution is 2.36. The van der Waals surface area contributed by atoms with Gasteiger partial charge in [-0.25, -0.2) is 4.79 Å². The van der Waals surface area contributed by atoms with Gasteiger partial charge < -0.3 is 15.4 Å². The number of nitrogens with one attached hydrogen (secondary N) is 2. The molecule has 7 heteroatoms. The van der Waals surface area contributed by atoms with Gasteiger partial charge in [0.05, 0.1) is 5.56 Å². The van der Waals surface area contributed by atoms with E-state index in [0.717, 1.165) is 41.0 Å². The largest absolute Gasteiger partial charge is 0.449 e. The van der Waals surface area contributed by atoms with E-state index in [4.69, 9.17) is 4.74 Å². The van der Waals surface area contributed by atoms with E-state index in [-0.39, 0.29) is 11.8 Å². The molecule has 2 unspecified atom stereocenters. The third kappa shape index (κ3) is 5.34. The average molecular weight is 443 g/mol. The number of rotatable bonds is 8. The van der Waals surface area contributed by atoms with Crippen LogP contribution in [0.4, 0.5) is 10.7 Å². The smallest absolute Gasteiger partial charge is 0.342 e. The molecule has 166 valence electrons. The Balaban J connectivity index is 1.71. The van der Waals surface area contributed by atoms with E-state index >= 15 is 0 Å². The van der Waals surface area contributed by atoms with Gasteiger partial charge in [-0.3, -0.25) is 9.59 Å². The molecule has 0 radical (unpaired) electrons. The fourth-order valence-corrected chi connectivity index (χ4v) is 4.34. The van der Waals surface area contributed by atoms with Gasteiger partial charge in [0.25, 0.3) is 5.91 Å². The van der Waals surface area contributed by atoms with Crippen LogP contribution in [0.1, 0.15) is 72.3 Å². The monoisotopic (exact) mass is 442 g/mol. The summed E-state index contributed by atoms with van der Waals surface area (Å²) in [5, 5.41) is 6.24. The highest BCUT2D eigenvalue weighted by molar-refractivity contribution is 7.16. The molecule has 1 heterocycles. The minimum atomic E-state index is -0.982. The zero-order valence-electron chi connectivity index (χ0n) is 18.7. The molecule has 6 nitrogen and oxygen atoms in total. The van der Waals surface area contributed by atoms with Gasteiger partial charge in [-0.1, -0.05) is 32.0 Å². The first kappa shape index (κ1) is 23.0. The van der Waals surface area contributed by atoms with Crippen molar-refractivity contribution >= 4 is 39.8 Å². The Morgan fingerprint density at radius 2 is 1.81 bits per heavy atom. The van der Waals surface area contributed by atoms with Gasteiger partial charge in [0, 0.05) is 16.5 Å². The van der Waals surface area contributed by atoms with Gasteiger partial charge in [-0.05, 0) is 63.1 Å². The Bertz CT molecular complexity index is 993. The second-order valence-corrected chi connectivity index (χ2v) is 9.41. The first-order chi connectivity index (χ1) is 14.7. The average Bonchev–Trinajstić information content (AvgIpc) is 3.55. The summed E-state index contributed by atoms with van der Waals surface area (Å²) in [6, 6.07) is 7.66. The molecular formula is C24H30N2O4S. The highest BCUT2D eigenvalue weighted by Gasteiger charge is 2.32. The van der Waals surface area contributed by atoms with Gasteiger partial charge in [0.2, 0.25) is 5.91 Å². The third-order valence-electron chi connectivity index (χ3n) is 5.79. The molecule has 2 aromatic rings. The van der Waals surface area contributed by atoms with Gasteiger partial charge in [0.1, 0.15) is 5.00 Å². The van der Waals surface area contributed by atoms with Crippen molar-refractivity contribution in [2.45, 2.75) is 65.9 Å². The van der Waals surface area contributed by atoms with E-state index in [0.29, 0.717) is 16.5 Å². The quantitative estimate of drug-likeness (QED) is 0.535. The molecule has 1 saturated carbocycles. The summed E-state index contributed by atoms with van der Waals surface area (Å²) in [7, 11) is 0. The van der Waals surface area contributed by atoms with Crippen LogP contribution >= 0.6 is 11.3 Å². The van der Waals surface area contributed by atoms with Crippen LogP contribution in [0.2, 0.25) is 0 Å². The summed E-state index contributed by atoms with van der Waals surface area (Å²) in [6.07, 6.45) is 1.72. The molecule has 2 atom stereocenters. The zero-order valence-corrected chi connectivity index (χ0v) is 19.5. The molecule has 1 aliphatic rings. The number of hydrogen-bond donors (Lipinski definition) is 2. The van der Waals surface area contributed by atoms with Crippen LogP contribution in [0.15, 0.2) is 24.3 Å². The first-order valence-electron chi connectivity index (χ1n) is 10.7. The van der Waals surface area contributed by atoms with E-state index in [9.17, 15) is 14.4 Å². The molecular weight excluding hydrogens is 412 g/mol. The fraction of sp³-hybridized carbons (Fsp3) is 0.458. The summed E-state index contributed by atoms with van der Waals surface area (Å²) in [6.45, 7) is 9.47. The fourth-order valence-electron chi connectivity index (χ4n) is 3.29. The minimum Gasteiger partial charge on any atom is -0.449 e. The molecule has 31 heavy (non-hydrogen) atoms. The van der Waals surface area contributed by atoms with Gasteiger partial charge in [-0.15, -0.1) is 11.3 Å². The van der Waals surface area contributed by atoms with E-state index in [1.54, 1.807) is 6.92 Å². The number of thiophene rings is 1. The standard InChI is InChI=1S/C24H30N2O4S/c1-6-13(2)18-9-7-8-10-19(18)25-21(27)15(4)30-24(29)20-14(3)16(5)31-23(20)26-22(28)17-11-12-17/h7-10,13,15,17H,6,11-12H2,1-5H3,(H,25,27)(H,26,28). The molecule has 1 fully saturated rings. The number of carbonyl (C=O) groups is 3. The number of carbonyl (C=O) groups excluding carboxylic acids is 3. The van der Waals surface area contributed by atoms with Crippen molar-refractivity contribution in [2.75, 3.05) is 10.6 Å². The second-order valence-electron chi connectivity index (χ2n) is 8.18. The van der Waals surface area contributed by atoms with Crippen molar-refractivity contribution in [3.63, 3.8) is 0 Å². The molecule has 1 aromatic heterocycles. The van der Waals surface area contributed by atoms with Crippen molar-refractivity contribution in [3.05, 3.63) is 45.8 Å². The maximum atomic E-state index is 12.9. The molecule has 1 aliphatic carbocycles. The SMILES string of the molecule is CCC(C)c1ccccc1NC(=O)C(C)OC(=O)c1c(NC(=O)C2CC2)sc(C)c1C. The summed E-state index contributed by atoms with van der Waals surface area (Å²) in [5.41, 5.74) is 2.86. The van der Waals surface area contributed by atoms with Crippen molar-refractivity contribution in [1.82, 2.24) is 0 Å². The maximum Gasteiger partial charge on any atom is 0.342 e. The number of hydrogen-bond acceptors (Lipinski definition) is 5. The Morgan fingerprint density at radius 3 is 2.45 bits per heavy atom. The van der Waals surface area contributed by atoms with Crippen molar-refractivity contribution in [3.8, 4) is 0 Å². The van der Waals surface area contributed by atoms with E-state index < -0.39 is 18.0 Å². The summed E-state index contributed by atoms with van der Waals surface area (Å²) >= 11 is 1.36. The molecule has 3 rings (SSSR count). The van der Waals surface area contributed by atoms with Crippen LogP contribution in [0.3, 0.4) is 0 Å². The maximum absolute atomic E-state index is 12.9. The lowest BCUT2D eigenvalue weighted by Gasteiger charge is -2.18. The van der Waals surface area contributed by atoms with Gasteiger partial charge in [-0.2, -0.15) is 0 Å². The normalized spacial score (nSPS) is 15.1. The van der Waals surface area contributed by atoms with E-state index in [1.165, 1.54) is 11.3 Å². The van der Waals surface area contributed by atoms with E-state index in [1.807, 2.05) is 38.1 Å². The number of amides is 2. The number of esters is 1. The van der Waals surface area contributed by atoms with Crippen LogP contribution in [0.5, 0.6) is 0 Å². The number of anilines is 2. The number of aryl methyl sites for hydroxylation is 1. The van der Waals surface area contributed by atoms with Gasteiger partial charge >= 0.3 is 5.97 Å². The lowest BCUT2D eigenvalue weighted by Crippen LogP contribution is -2.30. The van der Waals surface area contributed by atoms with E-state index in [2.05, 4.69) is 24.5 Å². The summed E-state index contributed by atoms with van der Waals surface area (Å²) in [4.78, 5) is 38.8. The molecule has 2 N–H and O–H groups in total. The number of ether oxygens (including phenoxy) is 1. The predicted octanol–water partition coefficient (Wildman–Crippen LogP) is 5.41. The molecule has 0 bridgehead atoms. The van der Waals surface area contributed by atoms with Crippen LogP contribution in [-0.4, -0.2) is 23.9 Å². The number of benzene rings is 1. The molecule has 1 aromatic carbocycles. The Morgan fingerprint density at radius 1 is 1.13 bits per heavy atom. The Kier molecular flexibility index (Phi) is 7.15. The van der Waals surface area contributed by atoms with Crippen molar-refractivity contribution in [1.29, 1.82) is 0 Å². The Labute approximate surface area is 187 Å².